The molecule has 23 heavy (non-hydrogen) atoms. The normalized spacial score (nSPS) is 11.5. The lowest BCUT2D eigenvalue weighted by Gasteiger charge is -2.17. The quantitative estimate of drug-likeness (QED) is 0.742. The zero-order valence-electron chi connectivity index (χ0n) is 12.9. The Morgan fingerprint density at radius 2 is 1.43 bits per heavy atom. The summed E-state index contributed by atoms with van der Waals surface area (Å²) >= 11 is 0. The molecule has 0 radical (unpaired) electrons. The Kier molecular flexibility index (Phi) is 6.33. The third-order valence-electron chi connectivity index (χ3n) is 3.93. The molecule has 118 valence electrons. The molecular formula is C20H21ClN2. The summed E-state index contributed by atoms with van der Waals surface area (Å²) in [5.74, 6) is 0.351. The highest BCUT2D eigenvalue weighted by atomic mass is 35.5. The second-order valence-corrected chi connectivity index (χ2v) is 5.38. The molecule has 0 fully saturated rings. The molecule has 0 aliphatic heterocycles. The lowest BCUT2D eigenvalue weighted by molar-refractivity contribution is 0.726. The summed E-state index contributed by atoms with van der Waals surface area (Å²) in [6.45, 7) is 0.682. The standard InChI is InChI=1S/C20H20N2.ClH/c21-14-13-19(16-6-2-1-3-7-16)17-9-11-18(12-10-17)20-8-4-5-15-22-20;/h1-12,15,19H,13-14,21H2;1H. The van der Waals surface area contributed by atoms with E-state index in [4.69, 9.17) is 5.73 Å². The Labute approximate surface area is 143 Å². The van der Waals surface area contributed by atoms with Gasteiger partial charge in [0.25, 0.3) is 0 Å². The largest absolute Gasteiger partial charge is 0.330 e. The lowest BCUT2D eigenvalue weighted by Crippen LogP contribution is -2.08. The summed E-state index contributed by atoms with van der Waals surface area (Å²) < 4.78 is 0. The van der Waals surface area contributed by atoms with Gasteiger partial charge in [-0.3, -0.25) is 4.98 Å². The van der Waals surface area contributed by atoms with Gasteiger partial charge in [0.1, 0.15) is 0 Å². The van der Waals surface area contributed by atoms with Crippen LogP contribution in [0.3, 0.4) is 0 Å². The summed E-state index contributed by atoms with van der Waals surface area (Å²) in [5, 5.41) is 0. The van der Waals surface area contributed by atoms with Crippen LogP contribution in [0.5, 0.6) is 0 Å². The first-order valence-electron chi connectivity index (χ1n) is 7.65. The number of halogens is 1. The van der Waals surface area contributed by atoms with Crippen molar-refractivity contribution < 1.29 is 0 Å². The lowest BCUT2D eigenvalue weighted by atomic mass is 9.88. The van der Waals surface area contributed by atoms with E-state index in [0.29, 0.717) is 12.5 Å². The molecule has 0 saturated heterocycles. The van der Waals surface area contributed by atoms with Crippen molar-refractivity contribution in [3.63, 3.8) is 0 Å². The van der Waals surface area contributed by atoms with Crippen molar-refractivity contribution in [3.05, 3.63) is 90.1 Å². The highest BCUT2D eigenvalue weighted by Gasteiger charge is 2.13. The minimum Gasteiger partial charge on any atom is -0.330 e. The molecule has 0 bridgehead atoms. The van der Waals surface area contributed by atoms with Crippen LogP contribution in [0.1, 0.15) is 23.5 Å². The van der Waals surface area contributed by atoms with Crippen LogP contribution in [-0.4, -0.2) is 11.5 Å². The molecule has 0 amide bonds. The zero-order chi connectivity index (χ0) is 15.2. The maximum atomic E-state index is 5.82. The van der Waals surface area contributed by atoms with Gasteiger partial charge in [-0.25, -0.2) is 0 Å². The van der Waals surface area contributed by atoms with Gasteiger partial charge in [0.05, 0.1) is 5.69 Å². The van der Waals surface area contributed by atoms with Crippen molar-refractivity contribution in [2.24, 2.45) is 5.73 Å². The maximum absolute atomic E-state index is 5.82. The molecule has 3 aromatic rings. The van der Waals surface area contributed by atoms with Gasteiger partial charge in [-0.15, -0.1) is 12.4 Å². The first-order valence-corrected chi connectivity index (χ1v) is 7.65. The Morgan fingerprint density at radius 1 is 0.783 bits per heavy atom. The SMILES string of the molecule is Cl.NCCC(c1ccccc1)c1ccc(-c2ccccn2)cc1. The molecule has 3 heteroatoms. The van der Waals surface area contributed by atoms with Crippen LogP contribution in [0.15, 0.2) is 79.0 Å². The first kappa shape index (κ1) is 17.2. The average Bonchev–Trinajstić information content (AvgIpc) is 2.61. The Bertz CT molecular complexity index is 697. The first-order chi connectivity index (χ1) is 10.9. The molecule has 1 atom stereocenters. The van der Waals surface area contributed by atoms with E-state index in [-0.39, 0.29) is 12.4 Å². The van der Waals surface area contributed by atoms with Crippen molar-refractivity contribution in [2.75, 3.05) is 6.54 Å². The van der Waals surface area contributed by atoms with E-state index in [9.17, 15) is 0 Å². The van der Waals surface area contributed by atoms with Gasteiger partial charge in [-0.05, 0) is 36.2 Å². The minimum absolute atomic E-state index is 0. The zero-order valence-corrected chi connectivity index (χ0v) is 13.7. The Morgan fingerprint density at radius 3 is 2.04 bits per heavy atom. The van der Waals surface area contributed by atoms with E-state index in [1.165, 1.54) is 11.1 Å². The molecule has 1 heterocycles. The van der Waals surface area contributed by atoms with Crippen LogP contribution in [-0.2, 0) is 0 Å². The summed E-state index contributed by atoms with van der Waals surface area (Å²) in [6.07, 6.45) is 2.78. The molecular weight excluding hydrogens is 304 g/mol. The van der Waals surface area contributed by atoms with Crippen LogP contribution < -0.4 is 5.73 Å². The number of nitrogens with zero attached hydrogens (tertiary/aromatic N) is 1. The second kappa shape index (κ2) is 8.47. The number of nitrogens with two attached hydrogens (primary N) is 1. The van der Waals surface area contributed by atoms with Crippen molar-refractivity contribution in [1.82, 2.24) is 4.98 Å². The van der Waals surface area contributed by atoms with E-state index in [0.717, 1.165) is 17.7 Å². The molecule has 1 aromatic heterocycles. The predicted octanol–water partition coefficient (Wildman–Crippen LogP) is 4.65. The molecule has 0 aliphatic carbocycles. The van der Waals surface area contributed by atoms with E-state index >= 15 is 0 Å². The van der Waals surface area contributed by atoms with Gasteiger partial charge in [-0.2, -0.15) is 0 Å². The highest BCUT2D eigenvalue weighted by molar-refractivity contribution is 5.85. The summed E-state index contributed by atoms with van der Waals surface area (Å²) in [6, 6.07) is 25.2. The molecule has 2 aromatic carbocycles. The topological polar surface area (TPSA) is 38.9 Å². The van der Waals surface area contributed by atoms with Crippen molar-refractivity contribution in [1.29, 1.82) is 0 Å². The number of benzene rings is 2. The van der Waals surface area contributed by atoms with Gasteiger partial charge in [-0.1, -0.05) is 60.7 Å². The molecule has 0 spiro atoms. The number of rotatable bonds is 5. The highest BCUT2D eigenvalue weighted by Crippen LogP contribution is 2.29. The van der Waals surface area contributed by atoms with Crippen LogP contribution in [0.2, 0.25) is 0 Å². The fraction of sp³-hybridized carbons (Fsp3) is 0.150. The monoisotopic (exact) mass is 324 g/mol. The third-order valence-corrected chi connectivity index (χ3v) is 3.93. The van der Waals surface area contributed by atoms with Crippen molar-refractivity contribution >= 4 is 12.4 Å². The molecule has 0 aliphatic rings. The third kappa shape index (κ3) is 4.19. The number of hydrogen-bond donors (Lipinski definition) is 1. The molecule has 1 unspecified atom stereocenters. The fourth-order valence-electron chi connectivity index (χ4n) is 2.80. The van der Waals surface area contributed by atoms with Gasteiger partial charge in [0.15, 0.2) is 0 Å². The smallest absolute Gasteiger partial charge is 0.0701 e. The van der Waals surface area contributed by atoms with Crippen LogP contribution in [0, 0.1) is 0 Å². The van der Waals surface area contributed by atoms with Gasteiger partial charge in [0.2, 0.25) is 0 Å². The molecule has 3 rings (SSSR count). The minimum atomic E-state index is 0. The fourth-order valence-corrected chi connectivity index (χ4v) is 2.80. The van der Waals surface area contributed by atoms with Gasteiger partial charge in [0, 0.05) is 17.7 Å². The predicted molar refractivity (Wildman–Crippen MR) is 98.9 cm³/mol. The van der Waals surface area contributed by atoms with E-state index in [2.05, 4.69) is 53.5 Å². The van der Waals surface area contributed by atoms with Gasteiger partial charge >= 0.3 is 0 Å². The summed E-state index contributed by atoms with van der Waals surface area (Å²) in [5.41, 5.74) is 10.6. The second-order valence-electron chi connectivity index (χ2n) is 5.38. The van der Waals surface area contributed by atoms with Crippen LogP contribution in [0.25, 0.3) is 11.3 Å². The number of pyridine rings is 1. The van der Waals surface area contributed by atoms with Crippen molar-refractivity contribution in [2.45, 2.75) is 12.3 Å². The van der Waals surface area contributed by atoms with Gasteiger partial charge < -0.3 is 5.73 Å². The van der Waals surface area contributed by atoms with Crippen LogP contribution >= 0.6 is 12.4 Å². The van der Waals surface area contributed by atoms with E-state index in [1.54, 1.807) is 0 Å². The average molecular weight is 325 g/mol. The number of aromatic nitrogens is 1. The number of hydrogen-bond acceptors (Lipinski definition) is 2. The van der Waals surface area contributed by atoms with Crippen molar-refractivity contribution in [3.8, 4) is 11.3 Å². The molecule has 2 N–H and O–H groups in total. The van der Waals surface area contributed by atoms with E-state index in [1.807, 2.05) is 30.5 Å². The summed E-state index contributed by atoms with van der Waals surface area (Å²) in [7, 11) is 0. The van der Waals surface area contributed by atoms with Crippen LogP contribution in [0.4, 0.5) is 0 Å². The Hall–Kier alpha value is -2.16. The Balaban J connectivity index is 0.00000192. The molecule has 2 nitrogen and oxygen atoms in total. The summed E-state index contributed by atoms with van der Waals surface area (Å²) in [4.78, 5) is 4.40. The van der Waals surface area contributed by atoms with E-state index < -0.39 is 0 Å². The molecule has 0 saturated carbocycles. The maximum Gasteiger partial charge on any atom is 0.0701 e.